The molecular weight excluding hydrogens is 1640 g/mol. The third-order valence-electron chi connectivity index (χ3n) is 21.0. The number of phenols is 3. The molecule has 6 aliphatic rings. The lowest BCUT2D eigenvalue weighted by atomic mass is 9.80. The lowest BCUT2D eigenvalue weighted by Crippen LogP contribution is -2.64. The Morgan fingerprint density at radius 2 is 1.32 bits per heavy atom. The number of likely N-dealkylation sites (N-methyl/N-ethyl adjacent to an activating group) is 1. The van der Waals surface area contributed by atoms with Gasteiger partial charge in [0.25, 0.3) is 0 Å². The van der Waals surface area contributed by atoms with Crippen LogP contribution >= 0.6 is 46.4 Å². The third-order valence-corrected chi connectivity index (χ3v) is 22.4. The largest absolute Gasteiger partial charge is 0.508 e. The van der Waals surface area contributed by atoms with Gasteiger partial charge in [0.05, 0.1) is 50.9 Å². The number of carboxylic acids is 1. The Balaban J connectivity index is 0.995. The van der Waals surface area contributed by atoms with Gasteiger partial charge in [0.15, 0.2) is 23.8 Å². The van der Waals surface area contributed by atoms with Gasteiger partial charge in [-0.25, -0.2) is 4.79 Å². The number of carboxylic acid groups (broad SMARTS) is 1. The molecule has 0 radical (unpaired) electrons. The van der Waals surface area contributed by atoms with Crippen molar-refractivity contribution >= 4 is 93.7 Å². The van der Waals surface area contributed by atoms with Gasteiger partial charge in [-0.3, -0.25) is 33.6 Å². The van der Waals surface area contributed by atoms with E-state index in [4.69, 9.17) is 80.6 Å². The molecule has 636 valence electrons. The Hall–Kier alpha value is -10.3. The van der Waals surface area contributed by atoms with E-state index in [1.165, 1.54) is 55.6 Å². The molecule has 0 aromatic heterocycles. The van der Waals surface area contributed by atoms with Gasteiger partial charge in [0, 0.05) is 53.8 Å². The SMILES string of the molecule is CNC(CC(C)C)C(=O)NC1C(=O)NC(CC(N)=O)C(=O)NC(C)C(=O)NC2C(=O)NC(C(=O)NC(C(=O)O)c3cc(O)cc(O)c3-c3cc2ccc3O)C(O)c2ccc(c(Cl)c2)Oc2cccc(c2OC2CC(CO)C(O)C(O)C2OC2CC(C)(NCc3ccc(OCc4ccc(Cl)c(Cl)c4)cc3)C(O)C(C)O2)Oc2ccc(cc2Cl)C1O. The number of nitrogens with two attached hydrogens (primary N) is 1. The predicted molar refractivity (Wildman–Crippen MR) is 429 cm³/mol. The third kappa shape index (κ3) is 20.9. The number of primary amides is 1. The number of nitrogens with one attached hydrogen (secondary N) is 8. The summed E-state index contributed by atoms with van der Waals surface area (Å²) in [5, 5.41) is 137. The quantitative estimate of drug-likeness (QED) is 0.0453. The first-order valence-electron chi connectivity index (χ1n) is 37.8. The number of aliphatic hydroxyl groups excluding tert-OH is 6. The van der Waals surface area contributed by atoms with Gasteiger partial charge in [-0.15, -0.1) is 0 Å². The van der Waals surface area contributed by atoms with Gasteiger partial charge >= 0.3 is 5.97 Å². The second-order valence-electron chi connectivity index (χ2n) is 30.2. The summed E-state index contributed by atoms with van der Waals surface area (Å²) in [5.74, 6) is -14.6. The molecule has 7 aromatic rings. The fourth-order valence-electron chi connectivity index (χ4n) is 14.5. The molecule has 7 aromatic carbocycles. The number of hydrogen-bond donors (Lipinski definition) is 19. The van der Waals surface area contributed by atoms with Crippen molar-refractivity contribution in [2.24, 2.45) is 17.6 Å². The fourth-order valence-corrected chi connectivity index (χ4v) is 15.3. The molecule has 1 aliphatic carbocycles. The predicted octanol–water partition coefficient (Wildman–Crippen LogP) is 5.82. The van der Waals surface area contributed by atoms with Crippen LogP contribution < -0.4 is 67.2 Å². The Morgan fingerprint density at radius 1 is 0.672 bits per heavy atom. The van der Waals surface area contributed by atoms with Crippen LogP contribution in [0.5, 0.6) is 51.7 Å². The lowest BCUT2D eigenvalue weighted by Gasteiger charge is -2.48. The maximum atomic E-state index is 15.2. The van der Waals surface area contributed by atoms with Crippen molar-refractivity contribution in [1.82, 2.24) is 42.5 Å². The molecule has 33 nitrogen and oxygen atoms in total. The topological polar surface area (TPSA) is 517 Å². The summed E-state index contributed by atoms with van der Waals surface area (Å²) in [6.07, 6.45) is -15.3. The summed E-state index contributed by atoms with van der Waals surface area (Å²) < 4.78 is 39.0. The Kier molecular flexibility index (Phi) is 28.8. The number of carbonyl (C=O) groups is 8. The van der Waals surface area contributed by atoms with Crippen molar-refractivity contribution in [3.8, 4) is 62.9 Å². The van der Waals surface area contributed by atoms with Crippen molar-refractivity contribution in [3.63, 3.8) is 0 Å². The summed E-state index contributed by atoms with van der Waals surface area (Å²) in [5.41, 5.74) is 3.86. The minimum absolute atomic E-state index is 0.0801. The maximum absolute atomic E-state index is 15.2. The first-order valence-corrected chi connectivity index (χ1v) is 39.3. The van der Waals surface area contributed by atoms with E-state index in [1.54, 1.807) is 44.2 Å². The monoisotopic (exact) mass is 1730 g/mol. The van der Waals surface area contributed by atoms with E-state index in [-0.39, 0.29) is 93.8 Å². The lowest BCUT2D eigenvalue weighted by molar-refractivity contribution is -0.289. The van der Waals surface area contributed by atoms with Gasteiger partial charge in [-0.2, -0.15) is 0 Å². The molecule has 5 heterocycles. The Morgan fingerprint density at radius 3 is 1.93 bits per heavy atom. The number of rotatable bonds is 19. The van der Waals surface area contributed by atoms with E-state index in [1.807, 2.05) is 26.0 Å². The van der Waals surface area contributed by atoms with E-state index >= 15 is 4.79 Å². The minimum atomic E-state index is -2.31. The number of halogens is 4. The second kappa shape index (κ2) is 38.4. The molecule has 10 bridgehead atoms. The molecule has 1 saturated heterocycles. The van der Waals surface area contributed by atoms with Crippen LogP contribution in [0.1, 0.15) is 118 Å². The van der Waals surface area contributed by atoms with E-state index in [2.05, 4.69) is 42.5 Å². The number of aliphatic carboxylic acids is 1. The summed E-state index contributed by atoms with van der Waals surface area (Å²) >= 11 is 26.5. The first-order chi connectivity index (χ1) is 56.4. The van der Waals surface area contributed by atoms with Crippen LogP contribution in [0.2, 0.25) is 20.1 Å². The van der Waals surface area contributed by atoms with Crippen molar-refractivity contribution in [3.05, 3.63) is 181 Å². The molecule has 119 heavy (non-hydrogen) atoms. The molecule has 1 saturated carbocycles. The Labute approximate surface area is 701 Å². The number of ether oxygens (including phenoxy) is 6. The zero-order valence-electron chi connectivity index (χ0n) is 64.7. The first kappa shape index (κ1) is 89.4. The Bertz CT molecular complexity index is 4960. The zero-order valence-corrected chi connectivity index (χ0v) is 67.8. The molecule has 18 atom stereocenters. The average Bonchev–Trinajstić information content (AvgIpc) is 0.770. The minimum Gasteiger partial charge on any atom is -0.508 e. The number of phenolic OH excluding ortho intramolecular Hbond substituents is 3. The van der Waals surface area contributed by atoms with Gasteiger partial charge in [-0.1, -0.05) is 103 Å². The molecule has 5 aliphatic heterocycles. The van der Waals surface area contributed by atoms with Crippen molar-refractivity contribution in [1.29, 1.82) is 0 Å². The molecule has 2 fully saturated rings. The number of fused-ring (bicyclic) bond motifs is 6. The van der Waals surface area contributed by atoms with Crippen LogP contribution in [-0.2, 0) is 61.0 Å². The standard InChI is InChI=1S/C82H91Cl4N9O24/c1-35(2)22-52(88-6)76(107)94-66-68(101)41-14-20-56(50(85)25-41)116-58-8-7-9-59(72(58)118-60-27-43(33-96)70(103)71(104)73(60)119-62-31-82(5,74(105)37(4)115-62)89-32-38-10-16-45(17-11-38)114-34-39-12-18-48(83)49(84)23-39)117-57-21-15-42(26-51(57)86)69(102)67-80(111)93-65(81(112)113)47-28-44(97)29-55(99)63(47)46-24-40(13-19-54(46)98)64(78(109)95-67)92-75(106)36(3)90-77(108)53(30-61(87)100)91-79(66)110/h7-21,23-26,28-29,35-37,43,52-53,60,62,64-71,73-74,88-89,96-99,101-105H,22,27,30-34H2,1-6H3,(H2,87,100)(H,90,108)(H,91,110)(H,92,106)(H,93,111)(H,94,107)(H,95,109)(H,112,113). The summed E-state index contributed by atoms with van der Waals surface area (Å²) in [6.45, 7) is 7.85. The highest BCUT2D eigenvalue weighted by Gasteiger charge is 2.51. The van der Waals surface area contributed by atoms with Crippen molar-refractivity contribution in [2.75, 3.05) is 13.7 Å². The van der Waals surface area contributed by atoms with E-state index in [0.29, 0.717) is 15.8 Å². The van der Waals surface area contributed by atoms with Crippen LogP contribution in [-0.4, -0.2) is 191 Å². The van der Waals surface area contributed by atoms with Gasteiger partial charge in [0.1, 0.15) is 102 Å². The van der Waals surface area contributed by atoms with Crippen LogP contribution in [0, 0.1) is 11.8 Å². The summed E-state index contributed by atoms with van der Waals surface area (Å²) in [6, 6.07) is 15.2. The molecule has 7 amide bonds. The highest BCUT2D eigenvalue weighted by molar-refractivity contribution is 6.42. The molecule has 18 unspecified atom stereocenters. The molecule has 37 heteroatoms. The fraction of sp³-hybridized carbons (Fsp3) is 0.390. The second-order valence-corrected chi connectivity index (χ2v) is 31.8. The number of aromatic hydroxyl groups is 3. The van der Waals surface area contributed by atoms with E-state index in [9.17, 15) is 84.6 Å². The number of hydrogen-bond acceptors (Lipinski definition) is 25. The summed E-state index contributed by atoms with van der Waals surface area (Å²) in [4.78, 5) is 115. The van der Waals surface area contributed by atoms with Gasteiger partial charge in [-0.05, 0) is 153 Å². The molecular formula is C82H91Cl4N9O24. The van der Waals surface area contributed by atoms with Crippen LogP contribution in [0.4, 0.5) is 0 Å². The molecule has 0 spiro atoms. The molecule has 20 N–H and O–H groups in total. The van der Waals surface area contributed by atoms with Crippen LogP contribution in [0.25, 0.3) is 11.1 Å². The number of para-hydroxylation sites is 1. The van der Waals surface area contributed by atoms with Crippen molar-refractivity contribution in [2.45, 2.75) is 176 Å². The number of amides is 7. The van der Waals surface area contributed by atoms with E-state index < -0.39 is 203 Å². The van der Waals surface area contributed by atoms with Gasteiger partial charge < -0.3 is 128 Å². The van der Waals surface area contributed by atoms with E-state index in [0.717, 1.165) is 54.4 Å². The number of carbonyl (C=O) groups excluding carboxylic acids is 7. The highest BCUT2D eigenvalue weighted by Crippen LogP contribution is 2.49. The molecule has 13 rings (SSSR count). The van der Waals surface area contributed by atoms with Crippen LogP contribution in [0.3, 0.4) is 0 Å². The maximum Gasteiger partial charge on any atom is 0.330 e. The average molecular weight is 1730 g/mol. The number of benzene rings is 7. The van der Waals surface area contributed by atoms with Gasteiger partial charge in [0.2, 0.25) is 47.1 Å². The zero-order chi connectivity index (χ0) is 86.3. The summed E-state index contributed by atoms with van der Waals surface area (Å²) in [7, 11) is 1.48. The van der Waals surface area contributed by atoms with Crippen molar-refractivity contribution < 1.29 is 118 Å². The smallest absolute Gasteiger partial charge is 0.330 e. The van der Waals surface area contributed by atoms with Crippen LogP contribution in [0.15, 0.2) is 127 Å². The highest BCUT2D eigenvalue weighted by atomic mass is 35.5. The number of aliphatic hydroxyl groups is 6. The normalized spacial score (nSPS) is 26.5.